The molecule has 3 aromatic heterocycles. The Kier molecular flexibility index (Phi) is 5.94. The van der Waals surface area contributed by atoms with Crippen molar-refractivity contribution in [2.24, 2.45) is 0 Å². The Morgan fingerprint density at radius 2 is 2.00 bits per heavy atom. The van der Waals surface area contributed by atoms with Crippen molar-refractivity contribution >= 4 is 17.4 Å². The summed E-state index contributed by atoms with van der Waals surface area (Å²) in [4.78, 5) is 16.8. The molecule has 0 amide bonds. The first-order valence-corrected chi connectivity index (χ1v) is 10.9. The maximum Gasteiger partial charge on any atom is 0.258 e. The molecule has 0 fully saturated rings. The van der Waals surface area contributed by atoms with E-state index in [0.717, 1.165) is 16.9 Å². The molecule has 0 radical (unpaired) electrons. The summed E-state index contributed by atoms with van der Waals surface area (Å²) in [6, 6.07) is 13.1. The molecule has 0 aliphatic carbocycles. The predicted molar refractivity (Wildman–Crippen MR) is 121 cm³/mol. The molecule has 4 rings (SSSR count). The molecule has 4 aromatic rings. The Bertz CT molecular complexity index is 1280. The van der Waals surface area contributed by atoms with Crippen molar-refractivity contribution in [1.82, 2.24) is 24.3 Å². The van der Waals surface area contributed by atoms with Crippen molar-refractivity contribution in [3.05, 3.63) is 81.7 Å². The van der Waals surface area contributed by atoms with E-state index in [0.29, 0.717) is 34.0 Å². The first kappa shape index (κ1) is 20.9. The third-order valence-corrected chi connectivity index (χ3v) is 5.83. The number of pyridine rings is 1. The second-order valence-electron chi connectivity index (χ2n) is 7.56. The lowest BCUT2D eigenvalue weighted by molar-refractivity contribution is 0.287. The lowest BCUT2D eigenvalue weighted by atomic mass is 10.0. The van der Waals surface area contributed by atoms with E-state index in [9.17, 15) is 4.79 Å². The molecule has 0 unspecified atom stereocenters. The van der Waals surface area contributed by atoms with Crippen LogP contribution in [0.3, 0.4) is 0 Å². The Hall–Kier alpha value is -3.33. The van der Waals surface area contributed by atoms with Gasteiger partial charge in [-0.1, -0.05) is 43.8 Å². The molecule has 9 heteroatoms. The third kappa shape index (κ3) is 4.56. The first-order valence-electron chi connectivity index (χ1n) is 9.95. The average Bonchev–Trinajstić information content (AvgIpc) is 3.10. The van der Waals surface area contributed by atoms with Crippen LogP contribution in [0.4, 0.5) is 0 Å². The lowest BCUT2D eigenvalue weighted by Crippen LogP contribution is -2.16. The number of thioether (sulfide) groups is 1. The van der Waals surface area contributed by atoms with Gasteiger partial charge in [0.1, 0.15) is 18.0 Å². The number of hydrogen-bond donors (Lipinski definition) is 1. The quantitative estimate of drug-likeness (QED) is 0.350. The number of aryl methyl sites for hydroxylation is 1. The van der Waals surface area contributed by atoms with Crippen LogP contribution >= 0.6 is 11.8 Å². The van der Waals surface area contributed by atoms with Crippen molar-refractivity contribution < 1.29 is 4.74 Å². The molecule has 0 aliphatic heterocycles. The number of benzene rings is 1. The van der Waals surface area contributed by atoms with Crippen molar-refractivity contribution in [3.63, 3.8) is 0 Å². The standard InChI is InChI=1S/C22H24N6O2S/c1-14(2)17-8-7-15(3)10-18(17)30-12-20-25-26-22(28(20)23)31-13-16-11-21(29)27-9-5-4-6-19(27)24-16/h4-11,14H,12-13,23H2,1-3H3. The van der Waals surface area contributed by atoms with E-state index in [2.05, 4.69) is 41.2 Å². The smallest absolute Gasteiger partial charge is 0.258 e. The van der Waals surface area contributed by atoms with Crippen LogP contribution in [0, 0.1) is 6.92 Å². The average molecular weight is 437 g/mol. The summed E-state index contributed by atoms with van der Waals surface area (Å²) < 4.78 is 8.94. The highest BCUT2D eigenvalue weighted by Crippen LogP contribution is 2.28. The number of aromatic nitrogens is 5. The molecule has 0 spiro atoms. The summed E-state index contributed by atoms with van der Waals surface area (Å²) in [6.07, 6.45) is 1.70. The minimum atomic E-state index is -0.122. The first-order chi connectivity index (χ1) is 14.9. The highest BCUT2D eigenvalue weighted by Gasteiger charge is 2.14. The van der Waals surface area contributed by atoms with Gasteiger partial charge in [-0.2, -0.15) is 0 Å². The monoisotopic (exact) mass is 436 g/mol. The van der Waals surface area contributed by atoms with E-state index in [1.54, 1.807) is 18.3 Å². The third-order valence-electron chi connectivity index (χ3n) is 4.86. The zero-order valence-electron chi connectivity index (χ0n) is 17.6. The van der Waals surface area contributed by atoms with Gasteiger partial charge in [0, 0.05) is 18.0 Å². The number of nitrogens with zero attached hydrogens (tertiary/aromatic N) is 5. The summed E-state index contributed by atoms with van der Waals surface area (Å²) >= 11 is 1.37. The molecule has 0 saturated carbocycles. The summed E-state index contributed by atoms with van der Waals surface area (Å²) in [5.74, 6) is 8.32. The summed E-state index contributed by atoms with van der Waals surface area (Å²) in [5.41, 5.74) is 3.40. The maximum absolute atomic E-state index is 12.2. The van der Waals surface area contributed by atoms with Crippen LogP contribution in [0.2, 0.25) is 0 Å². The largest absolute Gasteiger partial charge is 0.485 e. The van der Waals surface area contributed by atoms with Gasteiger partial charge in [0.25, 0.3) is 5.56 Å². The molecule has 3 heterocycles. The van der Waals surface area contributed by atoms with Crippen LogP contribution in [0.25, 0.3) is 5.65 Å². The fourth-order valence-corrected chi connectivity index (χ4v) is 3.97. The number of nitrogen functional groups attached to an aromatic ring is 1. The summed E-state index contributed by atoms with van der Waals surface area (Å²) in [6.45, 7) is 6.50. The molecule has 0 bridgehead atoms. The molecule has 160 valence electrons. The number of rotatable bonds is 7. The van der Waals surface area contributed by atoms with Crippen LogP contribution in [-0.4, -0.2) is 24.3 Å². The van der Waals surface area contributed by atoms with Gasteiger partial charge in [-0.25, -0.2) is 9.66 Å². The van der Waals surface area contributed by atoms with E-state index < -0.39 is 0 Å². The zero-order chi connectivity index (χ0) is 22.0. The van der Waals surface area contributed by atoms with Crippen LogP contribution in [-0.2, 0) is 12.4 Å². The zero-order valence-corrected chi connectivity index (χ0v) is 18.5. The van der Waals surface area contributed by atoms with E-state index >= 15 is 0 Å². The normalized spacial score (nSPS) is 11.4. The molecule has 1 aromatic carbocycles. The fourth-order valence-electron chi connectivity index (χ4n) is 3.21. The van der Waals surface area contributed by atoms with Gasteiger partial charge in [0.05, 0.1) is 5.69 Å². The Morgan fingerprint density at radius 3 is 2.81 bits per heavy atom. The van der Waals surface area contributed by atoms with Crippen molar-refractivity contribution in [2.45, 2.75) is 44.2 Å². The minimum absolute atomic E-state index is 0.122. The fraction of sp³-hybridized carbons (Fsp3) is 0.273. The number of ether oxygens (including phenoxy) is 1. The molecule has 0 atom stereocenters. The number of fused-ring (bicyclic) bond motifs is 1. The molecule has 2 N–H and O–H groups in total. The molecule has 0 aliphatic rings. The minimum Gasteiger partial charge on any atom is -0.485 e. The van der Waals surface area contributed by atoms with Crippen LogP contribution in [0.5, 0.6) is 5.75 Å². The Morgan fingerprint density at radius 1 is 1.16 bits per heavy atom. The van der Waals surface area contributed by atoms with Crippen molar-refractivity contribution in [2.75, 3.05) is 5.84 Å². The molecular formula is C22H24N6O2S. The lowest BCUT2D eigenvalue weighted by Gasteiger charge is -2.14. The second-order valence-corrected chi connectivity index (χ2v) is 8.50. The van der Waals surface area contributed by atoms with Crippen molar-refractivity contribution in [3.8, 4) is 5.75 Å². The molecular weight excluding hydrogens is 412 g/mol. The van der Waals surface area contributed by atoms with Gasteiger partial charge in [0.15, 0.2) is 5.82 Å². The Balaban J connectivity index is 1.46. The topological polar surface area (TPSA) is 100 Å². The van der Waals surface area contributed by atoms with E-state index in [-0.39, 0.29) is 12.2 Å². The Labute approximate surface area is 184 Å². The van der Waals surface area contributed by atoms with Crippen molar-refractivity contribution in [1.29, 1.82) is 0 Å². The van der Waals surface area contributed by atoms with Gasteiger partial charge in [-0.3, -0.25) is 9.20 Å². The van der Waals surface area contributed by atoms with Gasteiger partial charge in [-0.05, 0) is 42.2 Å². The highest BCUT2D eigenvalue weighted by atomic mass is 32.2. The molecule has 31 heavy (non-hydrogen) atoms. The van der Waals surface area contributed by atoms with Gasteiger partial charge < -0.3 is 10.6 Å². The maximum atomic E-state index is 12.2. The second kappa shape index (κ2) is 8.81. The van der Waals surface area contributed by atoms with Crippen LogP contribution in [0.15, 0.2) is 58.6 Å². The van der Waals surface area contributed by atoms with Crippen LogP contribution < -0.4 is 16.1 Å². The van der Waals surface area contributed by atoms with Gasteiger partial charge in [-0.15, -0.1) is 10.2 Å². The summed E-state index contributed by atoms with van der Waals surface area (Å²) in [7, 11) is 0. The van der Waals surface area contributed by atoms with Gasteiger partial charge in [0.2, 0.25) is 5.16 Å². The van der Waals surface area contributed by atoms with E-state index in [4.69, 9.17) is 10.6 Å². The number of hydrogen-bond acceptors (Lipinski definition) is 7. The SMILES string of the molecule is Cc1ccc(C(C)C)c(OCc2nnc(SCc3cc(=O)n4ccccc4n3)n2N)c1. The molecule has 0 saturated heterocycles. The van der Waals surface area contributed by atoms with Gasteiger partial charge >= 0.3 is 0 Å². The van der Waals surface area contributed by atoms with E-state index in [1.807, 2.05) is 19.1 Å². The molecule has 8 nitrogen and oxygen atoms in total. The predicted octanol–water partition coefficient (Wildman–Crippen LogP) is 3.30. The van der Waals surface area contributed by atoms with Crippen LogP contribution in [0.1, 0.15) is 42.4 Å². The highest BCUT2D eigenvalue weighted by molar-refractivity contribution is 7.98. The summed E-state index contributed by atoms with van der Waals surface area (Å²) in [5, 5.41) is 8.86. The van der Waals surface area contributed by atoms with E-state index in [1.165, 1.54) is 26.9 Å². The number of nitrogens with two attached hydrogens (primary N) is 1.